The second-order valence-electron chi connectivity index (χ2n) is 5.25. The first-order valence-electron chi connectivity index (χ1n) is 7.42. The van der Waals surface area contributed by atoms with Crippen LogP contribution in [0.25, 0.3) is 0 Å². The van der Waals surface area contributed by atoms with Gasteiger partial charge in [0.25, 0.3) is 5.91 Å². The molecule has 0 radical (unpaired) electrons. The summed E-state index contributed by atoms with van der Waals surface area (Å²) in [7, 11) is 0. The van der Waals surface area contributed by atoms with Crippen molar-refractivity contribution < 1.29 is 27.8 Å². The second-order valence-corrected chi connectivity index (χ2v) is 5.25. The van der Waals surface area contributed by atoms with E-state index in [2.05, 4.69) is 15.4 Å². The number of halogens is 2. The summed E-state index contributed by atoms with van der Waals surface area (Å²) in [6, 6.07) is 12.4. The van der Waals surface area contributed by atoms with Crippen molar-refractivity contribution in [3.8, 4) is 11.5 Å². The molecule has 6 nitrogen and oxygen atoms in total. The first kappa shape index (κ1) is 16.7. The van der Waals surface area contributed by atoms with E-state index in [0.29, 0.717) is 17.1 Å². The average Bonchev–Trinajstić information content (AvgIpc) is 2.57. The number of nitrogens with one attached hydrogen (secondary N) is 2. The van der Waals surface area contributed by atoms with Crippen molar-refractivity contribution in [3.63, 3.8) is 0 Å². The third kappa shape index (κ3) is 4.23. The van der Waals surface area contributed by atoms with Crippen LogP contribution in [0.15, 0.2) is 48.5 Å². The van der Waals surface area contributed by atoms with E-state index in [1.807, 2.05) is 0 Å². The van der Waals surface area contributed by atoms with E-state index in [1.54, 1.807) is 24.3 Å². The van der Waals surface area contributed by atoms with Crippen molar-refractivity contribution in [2.45, 2.75) is 19.1 Å². The van der Waals surface area contributed by atoms with E-state index in [1.165, 1.54) is 24.3 Å². The lowest BCUT2D eigenvalue weighted by molar-refractivity contribution is -0.128. The first-order valence-corrected chi connectivity index (χ1v) is 7.42. The standard InChI is InChI=1S/C17H14F2N2O4/c18-17(19)24-11-7-5-10(6-8-11)20-15(22)9-14-16(23)21-12-3-1-2-4-13(12)25-14/h1-8,14,17H,9H2,(H,20,22)(H,21,23). The summed E-state index contributed by atoms with van der Waals surface area (Å²) in [6.07, 6.45) is -1.13. The van der Waals surface area contributed by atoms with Crippen molar-refractivity contribution in [2.24, 2.45) is 0 Å². The van der Waals surface area contributed by atoms with Crippen LogP contribution in [0.2, 0.25) is 0 Å². The molecule has 0 saturated heterocycles. The van der Waals surface area contributed by atoms with Gasteiger partial charge in [0.15, 0.2) is 6.10 Å². The van der Waals surface area contributed by atoms with Crippen molar-refractivity contribution in [1.82, 2.24) is 0 Å². The summed E-state index contributed by atoms with van der Waals surface area (Å²) in [4.78, 5) is 24.1. The van der Waals surface area contributed by atoms with Crippen LogP contribution < -0.4 is 20.1 Å². The lowest BCUT2D eigenvalue weighted by Gasteiger charge is -2.25. The minimum atomic E-state index is -2.91. The maximum atomic E-state index is 12.1. The molecule has 1 heterocycles. The zero-order chi connectivity index (χ0) is 17.8. The third-order valence-corrected chi connectivity index (χ3v) is 3.44. The summed E-state index contributed by atoms with van der Waals surface area (Å²) in [5.41, 5.74) is 0.946. The zero-order valence-corrected chi connectivity index (χ0v) is 12.9. The number of benzene rings is 2. The van der Waals surface area contributed by atoms with Gasteiger partial charge in [0, 0.05) is 5.69 Å². The Balaban J connectivity index is 1.58. The SMILES string of the molecule is O=C(CC1Oc2ccccc2NC1=O)Nc1ccc(OC(F)F)cc1. The molecule has 8 heteroatoms. The summed E-state index contributed by atoms with van der Waals surface area (Å²) in [5, 5.41) is 5.25. The smallest absolute Gasteiger partial charge is 0.387 e. The van der Waals surface area contributed by atoms with Gasteiger partial charge >= 0.3 is 6.61 Å². The van der Waals surface area contributed by atoms with Gasteiger partial charge in [0.05, 0.1) is 12.1 Å². The molecule has 0 fully saturated rings. The van der Waals surface area contributed by atoms with E-state index in [0.717, 1.165) is 0 Å². The van der Waals surface area contributed by atoms with Gasteiger partial charge in [0.2, 0.25) is 5.91 Å². The van der Waals surface area contributed by atoms with Gasteiger partial charge in [-0.05, 0) is 36.4 Å². The highest BCUT2D eigenvalue weighted by atomic mass is 19.3. The van der Waals surface area contributed by atoms with E-state index in [4.69, 9.17) is 4.74 Å². The Morgan fingerprint density at radius 1 is 1.20 bits per heavy atom. The van der Waals surface area contributed by atoms with E-state index < -0.39 is 24.5 Å². The fourth-order valence-corrected chi connectivity index (χ4v) is 2.33. The molecular formula is C17H14F2N2O4. The second kappa shape index (κ2) is 7.16. The summed E-state index contributed by atoms with van der Waals surface area (Å²) < 4.78 is 33.9. The zero-order valence-electron chi connectivity index (χ0n) is 12.9. The van der Waals surface area contributed by atoms with Crippen molar-refractivity contribution in [1.29, 1.82) is 0 Å². The largest absolute Gasteiger partial charge is 0.478 e. The van der Waals surface area contributed by atoms with Crippen molar-refractivity contribution in [2.75, 3.05) is 10.6 Å². The number of alkyl halides is 2. The lowest BCUT2D eigenvalue weighted by atomic mass is 10.1. The molecule has 25 heavy (non-hydrogen) atoms. The number of para-hydroxylation sites is 2. The molecular weight excluding hydrogens is 334 g/mol. The van der Waals surface area contributed by atoms with Crippen LogP contribution in [0.4, 0.5) is 20.2 Å². The molecule has 2 aromatic carbocycles. The maximum Gasteiger partial charge on any atom is 0.387 e. The maximum absolute atomic E-state index is 12.1. The molecule has 1 unspecified atom stereocenters. The molecule has 0 aliphatic carbocycles. The number of fused-ring (bicyclic) bond motifs is 1. The Labute approximate surface area is 141 Å². The van der Waals surface area contributed by atoms with Gasteiger partial charge in [-0.25, -0.2) is 0 Å². The molecule has 0 spiro atoms. The molecule has 2 aromatic rings. The van der Waals surface area contributed by atoms with Crippen LogP contribution in [0.1, 0.15) is 6.42 Å². The Morgan fingerprint density at radius 3 is 2.64 bits per heavy atom. The third-order valence-electron chi connectivity index (χ3n) is 3.44. The van der Waals surface area contributed by atoms with Gasteiger partial charge < -0.3 is 20.1 Å². The van der Waals surface area contributed by atoms with Crippen LogP contribution in [0, 0.1) is 0 Å². The Bertz CT molecular complexity index is 780. The highest BCUT2D eigenvalue weighted by molar-refractivity contribution is 6.01. The number of carbonyl (C=O) groups is 2. The van der Waals surface area contributed by atoms with Gasteiger partial charge in [-0.3, -0.25) is 9.59 Å². The van der Waals surface area contributed by atoms with Crippen LogP contribution >= 0.6 is 0 Å². The Morgan fingerprint density at radius 2 is 1.92 bits per heavy atom. The predicted octanol–water partition coefficient (Wildman–Crippen LogP) is 3.02. The number of anilines is 2. The molecule has 130 valence electrons. The Hall–Kier alpha value is -3.16. The number of ether oxygens (including phenoxy) is 2. The molecule has 0 saturated carbocycles. The number of hydrogen-bond acceptors (Lipinski definition) is 4. The highest BCUT2D eigenvalue weighted by Crippen LogP contribution is 2.29. The average molecular weight is 348 g/mol. The number of hydrogen-bond donors (Lipinski definition) is 2. The Kier molecular flexibility index (Phi) is 4.78. The number of amides is 2. The minimum Gasteiger partial charge on any atom is -0.478 e. The molecule has 3 rings (SSSR count). The quantitative estimate of drug-likeness (QED) is 0.871. The van der Waals surface area contributed by atoms with E-state index in [9.17, 15) is 18.4 Å². The highest BCUT2D eigenvalue weighted by Gasteiger charge is 2.29. The van der Waals surface area contributed by atoms with Crippen LogP contribution in [0.3, 0.4) is 0 Å². The van der Waals surface area contributed by atoms with Crippen molar-refractivity contribution >= 4 is 23.2 Å². The van der Waals surface area contributed by atoms with Crippen molar-refractivity contribution in [3.05, 3.63) is 48.5 Å². The molecule has 1 aliphatic rings. The topological polar surface area (TPSA) is 76.7 Å². The monoisotopic (exact) mass is 348 g/mol. The van der Waals surface area contributed by atoms with E-state index in [-0.39, 0.29) is 12.2 Å². The number of carbonyl (C=O) groups excluding carboxylic acids is 2. The first-order chi connectivity index (χ1) is 12.0. The predicted molar refractivity (Wildman–Crippen MR) is 85.8 cm³/mol. The molecule has 1 aliphatic heterocycles. The summed E-state index contributed by atoms with van der Waals surface area (Å²) in [6.45, 7) is -2.91. The summed E-state index contributed by atoms with van der Waals surface area (Å²) >= 11 is 0. The van der Waals surface area contributed by atoms with Crippen LogP contribution in [0.5, 0.6) is 11.5 Å². The van der Waals surface area contributed by atoms with Gasteiger partial charge in [-0.15, -0.1) is 0 Å². The van der Waals surface area contributed by atoms with Gasteiger partial charge in [0.1, 0.15) is 11.5 Å². The fourth-order valence-electron chi connectivity index (χ4n) is 2.33. The molecule has 0 bridgehead atoms. The molecule has 0 aromatic heterocycles. The molecule has 2 N–H and O–H groups in total. The minimum absolute atomic E-state index is 0.0143. The molecule has 2 amide bonds. The van der Waals surface area contributed by atoms with E-state index >= 15 is 0 Å². The van der Waals surface area contributed by atoms with Gasteiger partial charge in [-0.2, -0.15) is 8.78 Å². The summed E-state index contributed by atoms with van der Waals surface area (Å²) in [5.74, 6) is -0.371. The molecule has 1 atom stereocenters. The van der Waals surface area contributed by atoms with Gasteiger partial charge in [-0.1, -0.05) is 12.1 Å². The van der Waals surface area contributed by atoms with Crippen LogP contribution in [-0.2, 0) is 9.59 Å². The number of rotatable bonds is 5. The fraction of sp³-hybridized carbons (Fsp3) is 0.176. The van der Waals surface area contributed by atoms with Crippen LogP contribution in [-0.4, -0.2) is 24.5 Å². The lowest BCUT2D eigenvalue weighted by Crippen LogP contribution is -2.39. The normalized spacial score (nSPS) is 15.8.